The van der Waals surface area contributed by atoms with Gasteiger partial charge in [-0.1, -0.05) is 103 Å². The van der Waals surface area contributed by atoms with Crippen LogP contribution in [0.1, 0.15) is 94.4 Å². The zero-order chi connectivity index (χ0) is 28.8. The van der Waals surface area contributed by atoms with Crippen molar-refractivity contribution in [2.75, 3.05) is 6.54 Å². The normalized spacial score (nSPS) is 12.1. The molecule has 0 aliphatic rings. The zero-order valence-corrected chi connectivity index (χ0v) is 24.5. The standard InChI is InChI=1S/C20H31NO2.C4H10N4.C3H8.C2H6/c1-6-9-13-19(8-3)14-11-12-16-21(17(4)18(5)22)20(23)15-10-7-2;1-2-3-4(7-5)8-6;1-3-2;1-2/h8-9,11-14,17H,3,6-7,10,15-16H2,1-2,4-5H3;2-3H,5-6H2,1H3,(H,7,8);3H2,1-2H3;1-2H3/b12-11+,13-9+,19-14+;3-2+;;. The molecule has 7 heteroatoms. The maximum Gasteiger partial charge on any atom is 0.223 e. The van der Waals surface area contributed by atoms with Crippen molar-refractivity contribution in [1.82, 2.24) is 10.3 Å². The van der Waals surface area contributed by atoms with Crippen LogP contribution in [0.2, 0.25) is 0 Å². The van der Waals surface area contributed by atoms with Crippen LogP contribution in [0, 0.1) is 0 Å². The van der Waals surface area contributed by atoms with Crippen LogP contribution >= 0.6 is 0 Å². The van der Waals surface area contributed by atoms with Crippen LogP contribution in [0.15, 0.2) is 65.9 Å². The molecule has 1 atom stereocenters. The van der Waals surface area contributed by atoms with Crippen molar-refractivity contribution in [3.05, 3.63) is 60.8 Å². The van der Waals surface area contributed by atoms with Crippen LogP contribution in [-0.2, 0) is 9.59 Å². The summed E-state index contributed by atoms with van der Waals surface area (Å²) in [6.07, 6.45) is 19.6. The van der Waals surface area contributed by atoms with E-state index < -0.39 is 0 Å². The fourth-order valence-corrected chi connectivity index (χ4v) is 2.25. The Morgan fingerprint density at radius 2 is 1.69 bits per heavy atom. The van der Waals surface area contributed by atoms with Crippen LogP contribution in [0.25, 0.3) is 0 Å². The van der Waals surface area contributed by atoms with E-state index in [0.29, 0.717) is 18.8 Å². The molecule has 0 saturated carbocycles. The van der Waals surface area contributed by atoms with Gasteiger partial charge >= 0.3 is 0 Å². The lowest BCUT2D eigenvalue weighted by Gasteiger charge is -2.26. The van der Waals surface area contributed by atoms with E-state index in [-0.39, 0.29) is 17.7 Å². The number of hydrogen-bond acceptors (Lipinski definition) is 5. The van der Waals surface area contributed by atoms with Crippen molar-refractivity contribution in [3.8, 4) is 0 Å². The number of nitrogens with two attached hydrogens (primary N) is 2. The summed E-state index contributed by atoms with van der Waals surface area (Å²) in [5.41, 5.74) is 3.31. The molecule has 1 amide bonds. The third-order valence-electron chi connectivity index (χ3n) is 4.24. The van der Waals surface area contributed by atoms with Gasteiger partial charge in [0, 0.05) is 13.0 Å². The molecule has 1 unspecified atom stereocenters. The molecule has 0 aromatic carbocycles. The third-order valence-corrected chi connectivity index (χ3v) is 4.24. The largest absolute Gasteiger partial charge is 0.329 e. The number of ketones is 1. The number of hydrogen-bond donors (Lipinski definition) is 3. The number of hydrazone groups is 1. The summed E-state index contributed by atoms with van der Waals surface area (Å²) in [5, 5.41) is 3.29. The van der Waals surface area contributed by atoms with Gasteiger partial charge < -0.3 is 16.2 Å². The Hall–Kier alpha value is -2.93. The molecular weight excluding hydrogens is 450 g/mol. The third kappa shape index (κ3) is 25.7. The highest BCUT2D eigenvalue weighted by Crippen LogP contribution is 2.07. The van der Waals surface area contributed by atoms with E-state index in [1.54, 1.807) is 30.1 Å². The number of nitrogens with zero attached hydrogens (tertiary/aromatic N) is 2. The molecule has 7 nitrogen and oxygen atoms in total. The van der Waals surface area contributed by atoms with E-state index in [1.807, 2.05) is 45.1 Å². The summed E-state index contributed by atoms with van der Waals surface area (Å²) in [6, 6.07) is -0.383. The zero-order valence-electron chi connectivity index (χ0n) is 24.5. The molecule has 208 valence electrons. The lowest BCUT2D eigenvalue weighted by atomic mass is 10.1. The van der Waals surface area contributed by atoms with Crippen molar-refractivity contribution in [3.63, 3.8) is 0 Å². The van der Waals surface area contributed by atoms with E-state index >= 15 is 0 Å². The molecule has 0 fully saturated rings. The van der Waals surface area contributed by atoms with Gasteiger partial charge in [-0.15, -0.1) is 0 Å². The van der Waals surface area contributed by atoms with E-state index in [9.17, 15) is 9.59 Å². The van der Waals surface area contributed by atoms with Gasteiger partial charge in [-0.3, -0.25) is 9.59 Å². The molecule has 0 aromatic rings. The minimum atomic E-state index is -0.383. The molecule has 0 bridgehead atoms. The van der Waals surface area contributed by atoms with Crippen molar-refractivity contribution in [1.29, 1.82) is 0 Å². The number of carbonyl (C=O) groups is 2. The monoisotopic (exact) mass is 505 g/mol. The second-order valence-electron chi connectivity index (χ2n) is 7.41. The Kier molecular flexibility index (Phi) is 35.9. The molecule has 0 radical (unpaired) electrons. The number of allylic oxidation sites excluding steroid dienone is 7. The highest BCUT2D eigenvalue weighted by atomic mass is 16.2. The van der Waals surface area contributed by atoms with Crippen molar-refractivity contribution in [2.24, 2.45) is 16.8 Å². The first-order chi connectivity index (χ1) is 17.2. The number of carbonyl (C=O) groups excluding carboxylic acids is 2. The maximum absolute atomic E-state index is 12.3. The smallest absolute Gasteiger partial charge is 0.223 e. The summed E-state index contributed by atoms with van der Waals surface area (Å²) in [4.78, 5) is 25.5. The van der Waals surface area contributed by atoms with Gasteiger partial charge in [-0.05, 0) is 45.3 Å². The SMILES string of the molecule is C/C=C/C(=N/N)NN.C=CC(/C=C/CC)=C\C=C\CN(C(=O)CCCC)C(C)C(C)=O.CC.CCC. The van der Waals surface area contributed by atoms with Crippen LogP contribution < -0.4 is 17.1 Å². The Morgan fingerprint density at radius 3 is 2.06 bits per heavy atom. The number of amidine groups is 1. The highest BCUT2D eigenvalue weighted by molar-refractivity contribution is 5.92. The molecule has 0 spiro atoms. The Balaban J connectivity index is -0.000000325. The van der Waals surface area contributed by atoms with Crippen LogP contribution in [-0.4, -0.2) is 35.0 Å². The van der Waals surface area contributed by atoms with Gasteiger partial charge in [0.25, 0.3) is 0 Å². The predicted molar refractivity (Wildman–Crippen MR) is 159 cm³/mol. The van der Waals surface area contributed by atoms with Crippen molar-refractivity contribution < 1.29 is 9.59 Å². The first-order valence-corrected chi connectivity index (χ1v) is 13.1. The molecule has 0 aliphatic carbocycles. The summed E-state index contributed by atoms with van der Waals surface area (Å²) < 4.78 is 0. The minimum absolute atomic E-state index is 0.0106. The molecule has 36 heavy (non-hydrogen) atoms. The molecule has 0 aliphatic heterocycles. The molecular formula is C29H55N5O2. The van der Waals surface area contributed by atoms with Gasteiger partial charge in [0.2, 0.25) is 5.91 Å². The van der Waals surface area contributed by atoms with Crippen LogP contribution in [0.3, 0.4) is 0 Å². The summed E-state index contributed by atoms with van der Waals surface area (Å²) in [5.74, 6) is 10.3. The van der Waals surface area contributed by atoms with Gasteiger partial charge in [0.15, 0.2) is 11.6 Å². The highest BCUT2D eigenvalue weighted by Gasteiger charge is 2.21. The fraction of sp³-hybridized carbons (Fsp3) is 0.552. The number of hydrazine groups is 1. The number of rotatable bonds is 12. The Morgan fingerprint density at radius 1 is 1.11 bits per heavy atom. The molecule has 0 aromatic heterocycles. The molecule has 0 heterocycles. The van der Waals surface area contributed by atoms with E-state index in [0.717, 1.165) is 24.8 Å². The number of unbranched alkanes of at least 4 members (excludes halogenated alkanes) is 1. The number of nitrogens with one attached hydrogen (secondary N) is 1. The van der Waals surface area contributed by atoms with E-state index in [2.05, 4.69) is 50.9 Å². The summed E-state index contributed by atoms with van der Waals surface area (Å²) in [6.45, 7) is 21.8. The quantitative estimate of drug-likeness (QED) is 0.0939. The number of amides is 1. The lowest BCUT2D eigenvalue weighted by Crippen LogP contribution is -2.42. The Labute approximate surface area is 222 Å². The lowest BCUT2D eigenvalue weighted by molar-refractivity contribution is -0.137. The molecule has 5 N–H and O–H groups in total. The van der Waals surface area contributed by atoms with Crippen molar-refractivity contribution >= 4 is 17.5 Å². The van der Waals surface area contributed by atoms with Gasteiger partial charge in [-0.25, -0.2) is 5.84 Å². The second kappa shape index (κ2) is 32.1. The van der Waals surface area contributed by atoms with E-state index in [4.69, 9.17) is 11.7 Å². The topological polar surface area (TPSA) is 114 Å². The maximum atomic E-state index is 12.3. The summed E-state index contributed by atoms with van der Waals surface area (Å²) in [7, 11) is 0. The fourth-order valence-electron chi connectivity index (χ4n) is 2.25. The molecule has 0 rings (SSSR count). The first-order valence-electron chi connectivity index (χ1n) is 13.1. The average Bonchev–Trinajstić information content (AvgIpc) is 2.89. The van der Waals surface area contributed by atoms with E-state index in [1.165, 1.54) is 13.3 Å². The minimum Gasteiger partial charge on any atom is -0.329 e. The molecule has 0 saturated heterocycles. The number of Topliss-reactive ketones (excluding diaryl/α,β-unsaturated/α-hetero) is 1. The Bertz CT molecular complexity index is 689. The second-order valence-corrected chi connectivity index (χ2v) is 7.41. The van der Waals surface area contributed by atoms with Gasteiger partial charge in [0.1, 0.15) is 0 Å². The van der Waals surface area contributed by atoms with Crippen LogP contribution in [0.5, 0.6) is 0 Å². The average molecular weight is 506 g/mol. The van der Waals surface area contributed by atoms with Crippen molar-refractivity contribution in [2.45, 2.75) is 100 Å². The van der Waals surface area contributed by atoms with Crippen LogP contribution in [0.4, 0.5) is 0 Å². The first kappa shape index (κ1) is 40.2. The van der Waals surface area contributed by atoms with Gasteiger partial charge in [-0.2, -0.15) is 5.10 Å². The predicted octanol–water partition coefficient (Wildman–Crippen LogP) is 6.36. The summed E-state index contributed by atoms with van der Waals surface area (Å²) >= 11 is 0. The van der Waals surface area contributed by atoms with Gasteiger partial charge in [0.05, 0.1) is 6.04 Å².